The predicted octanol–water partition coefficient (Wildman–Crippen LogP) is 0.939. The summed E-state index contributed by atoms with van der Waals surface area (Å²) in [5.41, 5.74) is 3.65. The molecule has 3 aromatic rings. The van der Waals surface area contributed by atoms with E-state index in [1.54, 1.807) is 4.68 Å². The van der Waals surface area contributed by atoms with Gasteiger partial charge in [-0.2, -0.15) is 5.10 Å². The molecule has 0 aromatic carbocycles. The lowest BCUT2D eigenvalue weighted by atomic mass is 10.1. The SMILES string of the molecule is Cc1nn(C)c(C)c1CC(=O)NCc1nnc2ccccn12. The van der Waals surface area contributed by atoms with Crippen molar-refractivity contribution in [3.8, 4) is 0 Å². The summed E-state index contributed by atoms with van der Waals surface area (Å²) >= 11 is 0. The normalized spacial score (nSPS) is 11.0. The van der Waals surface area contributed by atoms with E-state index in [2.05, 4.69) is 20.6 Å². The first-order chi connectivity index (χ1) is 10.6. The third-order valence-electron chi connectivity index (χ3n) is 3.82. The van der Waals surface area contributed by atoms with Crippen molar-refractivity contribution in [3.05, 3.63) is 47.2 Å². The van der Waals surface area contributed by atoms with E-state index in [-0.39, 0.29) is 5.91 Å². The summed E-state index contributed by atoms with van der Waals surface area (Å²) in [5.74, 6) is 0.662. The van der Waals surface area contributed by atoms with Gasteiger partial charge in [-0.1, -0.05) is 6.07 Å². The Bertz CT molecular complexity index is 832. The van der Waals surface area contributed by atoms with Crippen molar-refractivity contribution in [2.45, 2.75) is 26.8 Å². The smallest absolute Gasteiger partial charge is 0.224 e. The largest absolute Gasteiger partial charge is 0.348 e. The molecule has 0 aliphatic heterocycles. The molecule has 7 nitrogen and oxygen atoms in total. The third kappa shape index (κ3) is 2.57. The summed E-state index contributed by atoms with van der Waals surface area (Å²) in [6.45, 7) is 4.23. The Hall–Kier alpha value is -2.70. The minimum Gasteiger partial charge on any atom is -0.348 e. The molecule has 0 saturated carbocycles. The van der Waals surface area contributed by atoms with Crippen molar-refractivity contribution >= 4 is 11.6 Å². The van der Waals surface area contributed by atoms with Gasteiger partial charge in [-0.15, -0.1) is 10.2 Å². The van der Waals surface area contributed by atoms with Crippen LogP contribution in [0.4, 0.5) is 0 Å². The van der Waals surface area contributed by atoms with Crippen LogP contribution in [0.25, 0.3) is 5.65 Å². The van der Waals surface area contributed by atoms with Crippen LogP contribution in [0, 0.1) is 13.8 Å². The molecule has 0 aliphatic carbocycles. The van der Waals surface area contributed by atoms with E-state index in [4.69, 9.17) is 0 Å². The zero-order valence-electron chi connectivity index (χ0n) is 12.9. The van der Waals surface area contributed by atoms with Gasteiger partial charge in [0.05, 0.1) is 18.7 Å². The van der Waals surface area contributed by atoms with Crippen LogP contribution in [0.15, 0.2) is 24.4 Å². The van der Waals surface area contributed by atoms with Gasteiger partial charge in [-0.05, 0) is 26.0 Å². The minimum absolute atomic E-state index is 0.0492. The Morgan fingerprint density at radius 1 is 1.27 bits per heavy atom. The second-order valence-corrected chi connectivity index (χ2v) is 5.27. The van der Waals surface area contributed by atoms with Crippen LogP contribution in [0.2, 0.25) is 0 Å². The summed E-state index contributed by atoms with van der Waals surface area (Å²) in [6, 6.07) is 5.69. The van der Waals surface area contributed by atoms with Crippen molar-refractivity contribution in [2.75, 3.05) is 0 Å². The zero-order valence-corrected chi connectivity index (χ0v) is 12.9. The number of hydrogen-bond acceptors (Lipinski definition) is 4. The molecular weight excluding hydrogens is 280 g/mol. The number of carbonyl (C=O) groups excluding carboxylic acids is 1. The number of nitrogens with one attached hydrogen (secondary N) is 1. The van der Waals surface area contributed by atoms with E-state index in [1.165, 1.54) is 0 Å². The molecule has 7 heteroatoms. The fourth-order valence-corrected chi connectivity index (χ4v) is 2.49. The average Bonchev–Trinajstić information content (AvgIpc) is 3.02. The fraction of sp³-hybridized carbons (Fsp3) is 0.333. The topological polar surface area (TPSA) is 77.1 Å². The van der Waals surface area contributed by atoms with E-state index in [0.717, 1.165) is 22.6 Å². The van der Waals surface area contributed by atoms with E-state index in [1.807, 2.05) is 49.7 Å². The quantitative estimate of drug-likeness (QED) is 0.777. The van der Waals surface area contributed by atoms with Gasteiger partial charge in [0, 0.05) is 24.5 Å². The Balaban J connectivity index is 1.68. The second kappa shape index (κ2) is 5.59. The van der Waals surface area contributed by atoms with Crippen molar-refractivity contribution < 1.29 is 4.79 Å². The number of pyridine rings is 1. The molecule has 114 valence electrons. The van der Waals surface area contributed by atoms with Crippen LogP contribution in [0.5, 0.6) is 0 Å². The lowest BCUT2D eigenvalue weighted by Gasteiger charge is -2.05. The number of amides is 1. The lowest BCUT2D eigenvalue weighted by molar-refractivity contribution is -0.120. The summed E-state index contributed by atoms with van der Waals surface area (Å²) in [4.78, 5) is 12.2. The van der Waals surface area contributed by atoms with Gasteiger partial charge in [0.25, 0.3) is 0 Å². The molecule has 0 saturated heterocycles. The standard InChI is InChI=1S/C15H18N6O/c1-10-12(11(2)20(3)19-10)8-15(22)16-9-14-18-17-13-6-4-5-7-21(13)14/h4-7H,8-9H2,1-3H3,(H,16,22). The van der Waals surface area contributed by atoms with Gasteiger partial charge in [0.1, 0.15) is 0 Å². The van der Waals surface area contributed by atoms with Crippen LogP contribution in [-0.4, -0.2) is 30.3 Å². The maximum absolute atomic E-state index is 12.2. The highest BCUT2D eigenvalue weighted by Crippen LogP contribution is 2.12. The molecule has 0 aliphatic rings. The summed E-state index contributed by atoms with van der Waals surface area (Å²) < 4.78 is 3.66. The third-order valence-corrected chi connectivity index (χ3v) is 3.82. The summed E-state index contributed by atoms with van der Waals surface area (Å²) in [7, 11) is 1.88. The van der Waals surface area contributed by atoms with Crippen LogP contribution >= 0.6 is 0 Å². The molecule has 3 aromatic heterocycles. The molecule has 3 rings (SSSR count). The molecule has 0 fully saturated rings. The van der Waals surface area contributed by atoms with Gasteiger partial charge in [-0.3, -0.25) is 13.9 Å². The average molecular weight is 298 g/mol. The van der Waals surface area contributed by atoms with Crippen LogP contribution < -0.4 is 5.32 Å². The fourth-order valence-electron chi connectivity index (χ4n) is 2.49. The zero-order chi connectivity index (χ0) is 15.7. The first kappa shape index (κ1) is 14.2. The van der Waals surface area contributed by atoms with Crippen LogP contribution in [-0.2, 0) is 24.8 Å². The Kier molecular flexibility index (Phi) is 3.62. The van der Waals surface area contributed by atoms with Gasteiger partial charge in [0.15, 0.2) is 11.5 Å². The number of carbonyl (C=O) groups is 1. The Labute approximate surface area is 128 Å². The monoisotopic (exact) mass is 298 g/mol. The molecule has 0 radical (unpaired) electrons. The van der Waals surface area contributed by atoms with E-state index in [9.17, 15) is 4.79 Å². The Morgan fingerprint density at radius 3 is 2.82 bits per heavy atom. The molecule has 0 atom stereocenters. The molecule has 3 heterocycles. The highest BCUT2D eigenvalue weighted by atomic mass is 16.1. The molecule has 0 spiro atoms. The highest BCUT2D eigenvalue weighted by Gasteiger charge is 2.14. The molecule has 0 bridgehead atoms. The molecule has 1 N–H and O–H groups in total. The predicted molar refractivity (Wildman–Crippen MR) is 81.2 cm³/mol. The number of fused-ring (bicyclic) bond motifs is 1. The first-order valence-corrected chi connectivity index (χ1v) is 7.10. The summed E-state index contributed by atoms with van der Waals surface area (Å²) in [5, 5.41) is 15.4. The second-order valence-electron chi connectivity index (χ2n) is 5.27. The molecule has 22 heavy (non-hydrogen) atoms. The van der Waals surface area contributed by atoms with E-state index in [0.29, 0.717) is 18.8 Å². The Morgan fingerprint density at radius 2 is 2.09 bits per heavy atom. The number of aromatic nitrogens is 5. The number of nitrogens with zero attached hydrogens (tertiary/aromatic N) is 5. The van der Waals surface area contributed by atoms with E-state index < -0.39 is 0 Å². The lowest BCUT2D eigenvalue weighted by Crippen LogP contribution is -2.26. The van der Waals surface area contributed by atoms with Gasteiger partial charge >= 0.3 is 0 Å². The van der Waals surface area contributed by atoms with Gasteiger partial charge in [-0.25, -0.2) is 0 Å². The van der Waals surface area contributed by atoms with Crippen LogP contribution in [0.3, 0.4) is 0 Å². The van der Waals surface area contributed by atoms with Gasteiger partial charge < -0.3 is 5.32 Å². The first-order valence-electron chi connectivity index (χ1n) is 7.10. The van der Waals surface area contributed by atoms with Crippen LogP contribution in [0.1, 0.15) is 22.8 Å². The van der Waals surface area contributed by atoms with Crippen molar-refractivity contribution in [3.63, 3.8) is 0 Å². The van der Waals surface area contributed by atoms with Crippen molar-refractivity contribution in [1.82, 2.24) is 29.7 Å². The van der Waals surface area contributed by atoms with E-state index >= 15 is 0 Å². The molecule has 1 amide bonds. The minimum atomic E-state index is -0.0492. The molecular formula is C15H18N6O. The maximum atomic E-state index is 12.2. The van der Waals surface area contributed by atoms with Gasteiger partial charge in [0.2, 0.25) is 5.91 Å². The molecule has 0 unspecified atom stereocenters. The highest BCUT2D eigenvalue weighted by molar-refractivity contribution is 5.79. The van der Waals surface area contributed by atoms with Crippen molar-refractivity contribution in [1.29, 1.82) is 0 Å². The number of hydrogen-bond donors (Lipinski definition) is 1. The van der Waals surface area contributed by atoms with Crippen molar-refractivity contribution in [2.24, 2.45) is 7.05 Å². The maximum Gasteiger partial charge on any atom is 0.224 e. The number of rotatable bonds is 4. The summed E-state index contributed by atoms with van der Waals surface area (Å²) in [6.07, 6.45) is 2.20. The number of aryl methyl sites for hydroxylation is 2.